The maximum Gasteiger partial charge on any atom is 0.256 e. The molecule has 2 aliphatic heterocycles. The minimum Gasteiger partial charge on any atom is -0.368 e. The number of sulfonamides is 1. The van der Waals surface area contributed by atoms with E-state index in [1.165, 1.54) is 25.3 Å². The number of rotatable bonds is 4. The zero-order chi connectivity index (χ0) is 23.9. The van der Waals surface area contributed by atoms with E-state index in [0.717, 1.165) is 17.5 Å². The molecule has 2 heterocycles. The number of hydrogen-bond acceptors (Lipinski definition) is 5. The van der Waals surface area contributed by atoms with Gasteiger partial charge in [0.05, 0.1) is 22.3 Å². The minimum atomic E-state index is -3.52. The Balaban J connectivity index is 1.75. The van der Waals surface area contributed by atoms with Gasteiger partial charge in [-0.1, -0.05) is 18.2 Å². The van der Waals surface area contributed by atoms with Gasteiger partial charge >= 0.3 is 0 Å². The van der Waals surface area contributed by atoms with Gasteiger partial charge in [0.1, 0.15) is 6.10 Å². The van der Waals surface area contributed by atoms with Gasteiger partial charge in [-0.3, -0.25) is 9.59 Å². The fraction of sp³-hybridized carbons (Fsp3) is 0.417. The number of ether oxygens (including phenoxy) is 1. The third-order valence-corrected chi connectivity index (χ3v) is 8.02. The molecule has 1 saturated heterocycles. The summed E-state index contributed by atoms with van der Waals surface area (Å²) >= 11 is 0. The topological polar surface area (TPSA) is 87.2 Å². The van der Waals surface area contributed by atoms with Crippen molar-refractivity contribution in [3.63, 3.8) is 0 Å². The standard InChI is InChI=1S/C24H29N3O5S/c1-16-15-26(24(29)23-6-5-13-32-23)22-14-19(9-12-21(22)27(16)17(2)28)18-7-10-20(11-8-18)33(30,31)25(3)4/h7-12,14,16,23H,5-6,13,15H2,1-4H3/t16-,23?/m0/s1. The summed E-state index contributed by atoms with van der Waals surface area (Å²) in [4.78, 5) is 29.3. The van der Waals surface area contributed by atoms with Gasteiger partial charge in [0.2, 0.25) is 15.9 Å². The predicted molar refractivity (Wildman–Crippen MR) is 127 cm³/mol. The molecular weight excluding hydrogens is 442 g/mol. The molecule has 4 rings (SSSR count). The van der Waals surface area contributed by atoms with Crippen LogP contribution in [-0.2, 0) is 24.3 Å². The van der Waals surface area contributed by atoms with Crippen molar-refractivity contribution in [2.45, 2.75) is 43.7 Å². The maximum absolute atomic E-state index is 13.3. The zero-order valence-electron chi connectivity index (χ0n) is 19.3. The highest BCUT2D eigenvalue weighted by atomic mass is 32.2. The van der Waals surface area contributed by atoms with Crippen molar-refractivity contribution >= 4 is 33.2 Å². The van der Waals surface area contributed by atoms with Crippen molar-refractivity contribution in [2.75, 3.05) is 37.0 Å². The number of anilines is 2. The largest absolute Gasteiger partial charge is 0.368 e. The Hall–Kier alpha value is -2.75. The van der Waals surface area contributed by atoms with Crippen LogP contribution in [0.4, 0.5) is 11.4 Å². The van der Waals surface area contributed by atoms with E-state index in [0.29, 0.717) is 30.9 Å². The van der Waals surface area contributed by atoms with Crippen LogP contribution in [0.25, 0.3) is 11.1 Å². The Morgan fingerprint density at radius 3 is 2.27 bits per heavy atom. The van der Waals surface area contributed by atoms with E-state index in [2.05, 4.69) is 0 Å². The minimum absolute atomic E-state index is 0.0843. The van der Waals surface area contributed by atoms with Gasteiger partial charge in [0.15, 0.2) is 0 Å². The van der Waals surface area contributed by atoms with Crippen LogP contribution in [0.15, 0.2) is 47.4 Å². The lowest BCUT2D eigenvalue weighted by Gasteiger charge is -2.41. The van der Waals surface area contributed by atoms with Gasteiger partial charge < -0.3 is 14.5 Å². The van der Waals surface area contributed by atoms with Crippen LogP contribution in [0.1, 0.15) is 26.7 Å². The molecule has 2 atom stereocenters. The summed E-state index contributed by atoms with van der Waals surface area (Å²) < 4.78 is 31.6. The molecule has 33 heavy (non-hydrogen) atoms. The van der Waals surface area contributed by atoms with Crippen LogP contribution in [0.2, 0.25) is 0 Å². The third-order valence-electron chi connectivity index (χ3n) is 6.19. The summed E-state index contributed by atoms with van der Waals surface area (Å²) in [6.07, 6.45) is 1.08. The highest BCUT2D eigenvalue weighted by Crippen LogP contribution is 2.40. The number of nitrogens with zero attached hydrogens (tertiary/aromatic N) is 3. The third kappa shape index (κ3) is 4.28. The second-order valence-corrected chi connectivity index (χ2v) is 10.9. The molecule has 2 aliphatic rings. The molecule has 2 aromatic rings. The molecule has 0 aromatic heterocycles. The quantitative estimate of drug-likeness (QED) is 0.684. The maximum atomic E-state index is 13.3. The molecule has 8 nitrogen and oxygen atoms in total. The number of fused-ring (bicyclic) bond motifs is 1. The summed E-state index contributed by atoms with van der Waals surface area (Å²) in [5.41, 5.74) is 2.98. The fourth-order valence-corrected chi connectivity index (χ4v) is 5.37. The Bertz CT molecular complexity index is 1170. The summed E-state index contributed by atoms with van der Waals surface area (Å²) in [7, 11) is -0.532. The first-order chi connectivity index (χ1) is 15.6. The Morgan fingerprint density at radius 1 is 1.03 bits per heavy atom. The summed E-state index contributed by atoms with van der Waals surface area (Å²) in [6.45, 7) is 4.41. The molecule has 9 heteroatoms. The summed E-state index contributed by atoms with van der Waals surface area (Å²) in [5.74, 6) is -0.174. The Kier molecular flexibility index (Phi) is 6.30. The molecule has 1 unspecified atom stereocenters. The lowest BCUT2D eigenvalue weighted by Crippen LogP contribution is -2.53. The highest BCUT2D eigenvalue weighted by molar-refractivity contribution is 7.89. The van der Waals surface area contributed by atoms with Crippen molar-refractivity contribution in [3.05, 3.63) is 42.5 Å². The lowest BCUT2D eigenvalue weighted by atomic mass is 10.00. The highest BCUT2D eigenvalue weighted by Gasteiger charge is 2.37. The molecule has 0 saturated carbocycles. The number of carbonyl (C=O) groups is 2. The van der Waals surface area contributed by atoms with E-state index < -0.39 is 16.1 Å². The fourth-order valence-electron chi connectivity index (χ4n) is 4.47. The van der Waals surface area contributed by atoms with E-state index >= 15 is 0 Å². The SMILES string of the molecule is CC(=O)N1c2ccc(-c3ccc(S(=O)(=O)N(C)C)cc3)cc2N(C(=O)C2CCCO2)C[C@@H]1C. The van der Waals surface area contributed by atoms with E-state index in [-0.39, 0.29) is 22.8 Å². The summed E-state index contributed by atoms with van der Waals surface area (Å²) in [5, 5.41) is 0. The van der Waals surface area contributed by atoms with Crippen LogP contribution in [0.5, 0.6) is 0 Å². The number of hydrogen-bond donors (Lipinski definition) is 0. The molecule has 0 aliphatic carbocycles. The molecule has 2 amide bonds. The van der Waals surface area contributed by atoms with Gasteiger partial charge in [-0.2, -0.15) is 0 Å². The predicted octanol–water partition coefficient (Wildman–Crippen LogP) is 2.87. The normalized spacial score (nSPS) is 20.8. The second-order valence-electron chi connectivity index (χ2n) is 8.70. The van der Waals surface area contributed by atoms with Crippen LogP contribution in [0, 0.1) is 0 Å². The molecule has 176 valence electrons. The van der Waals surface area contributed by atoms with Crippen molar-refractivity contribution < 1.29 is 22.7 Å². The van der Waals surface area contributed by atoms with Crippen LogP contribution in [-0.4, -0.2) is 63.9 Å². The lowest BCUT2D eigenvalue weighted by molar-refractivity contribution is -0.127. The molecule has 1 fully saturated rings. The van der Waals surface area contributed by atoms with E-state index in [1.807, 2.05) is 25.1 Å². The average Bonchev–Trinajstić information content (AvgIpc) is 3.32. The number of benzene rings is 2. The molecule has 0 spiro atoms. The Labute approximate surface area is 194 Å². The second kappa shape index (κ2) is 8.89. The smallest absolute Gasteiger partial charge is 0.256 e. The average molecular weight is 472 g/mol. The van der Waals surface area contributed by atoms with Gasteiger partial charge in [-0.15, -0.1) is 0 Å². The van der Waals surface area contributed by atoms with Gasteiger partial charge in [-0.25, -0.2) is 12.7 Å². The molecular formula is C24H29N3O5S. The van der Waals surface area contributed by atoms with Crippen LogP contribution in [0.3, 0.4) is 0 Å². The molecule has 0 N–H and O–H groups in total. The van der Waals surface area contributed by atoms with Crippen LogP contribution < -0.4 is 9.80 Å². The monoisotopic (exact) mass is 471 g/mol. The van der Waals surface area contributed by atoms with E-state index in [4.69, 9.17) is 4.74 Å². The molecule has 0 bridgehead atoms. The zero-order valence-corrected chi connectivity index (χ0v) is 20.1. The van der Waals surface area contributed by atoms with Crippen molar-refractivity contribution in [1.82, 2.24) is 4.31 Å². The van der Waals surface area contributed by atoms with Crippen molar-refractivity contribution in [2.24, 2.45) is 0 Å². The number of amides is 2. The summed E-state index contributed by atoms with van der Waals surface area (Å²) in [6, 6.07) is 12.1. The van der Waals surface area contributed by atoms with Crippen LogP contribution >= 0.6 is 0 Å². The van der Waals surface area contributed by atoms with Gasteiger partial charge in [0.25, 0.3) is 5.91 Å². The number of carbonyl (C=O) groups excluding carboxylic acids is 2. The first-order valence-electron chi connectivity index (χ1n) is 11.0. The van der Waals surface area contributed by atoms with E-state index in [1.54, 1.807) is 34.1 Å². The van der Waals surface area contributed by atoms with Gasteiger partial charge in [0, 0.05) is 34.2 Å². The molecule has 0 radical (unpaired) electrons. The van der Waals surface area contributed by atoms with Gasteiger partial charge in [-0.05, 0) is 55.2 Å². The van der Waals surface area contributed by atoms with E-state index in [9.17, 15) is 18.0 Å². The van der Waals surface area contributed by atoms with Crippen molar-refractivity contribution in [1.29, 1.82) is 0 Å². The first-order valence-corrected chi connectivity index (χ1v) is 12.4. The van der Waals surface area contributed by atoms with Crippen molar-refractivity contribution in [3.8, 4) is 11.1 Å². The molecule has 2 aromatic carbocycles. The first kappa shape index (κ1) is 23.4. The Morgan fingerprint density at radius 2 is 1.70 bits per heavy atom.